The Morgan fingerprint density at radius 3 is 0.575 bits per heavy atom. The van der Waals surface area contributed by atoms with Gasteiger partial charge >= 0.3 is 24.6 Å². The quantitative estimate of drug-likeness (QED) is 0.0545. The van der Waals surface area contributed by atoms with Gasteiger partial charge in [0.05, 0.1) is 24.2 Å². The molecule has 4 heterocycles. The Balaban J connectivity index is 0.000000272. The zero-order valence-electron chi connectivity index (χ0n) is 68.1. The molecule has 8 aromatic carbocycles. The SMILES string of the molecule is CCCC(CC)N1C(=O)CO[C@@H](c2cccc(Cl)c2)[C@H]1c1ccc(Cl)cc1.CCCC(CC)N1C(=O)CO[C@H](c2cccc(Cl)c2)[C@@H]1c1ccc(Cl)cc1.CCC[C@@H](CC)N1C(=O)CO[C@@H](c2cccc(Cl)c2)[C@H]1c1ccc(Cl)cc1.CCC[C@@H](CC)N1C(=O)CO[C@H](c2cccc(Cl)c2)[C@@H]1c1ccc(Cl)cc1.O=C=O.O=C=O.O=C=O.O=C=O. The molecule has 12 atom stereocenters. The monoisotopic (exact) mass is 1800 g/mol. The van der Waals surface area contributed by atoms with E-state index in [1.54, 1.807) is 0 Å². The molecule has 4 saturated heterocycles. The van der Waals surface area contributed by atoms with Crippen LogP contribution in [0.15, 0.2) is 194 Å². The van der Waals surface area contributed by atoms with Crippen LogP contribution < -0.4 is 0 Å². The fourth-order valence-corrected chi connectivity index (χ4v) is 16.9. The van der Waals surface area contributed by atoms with Gasteiger partial charge in [-0.05, 0) is 193 Å². The Morgan fingerprint density at radius 2 is 0.433 bits per heavy atom. The second-order valence-electron chi connectivity index (χ2n) is 28.1. The van der Waals surface area contributed by atoms with Gasteiger partial charge in [0.15, 0.2) is 0 Å². The van der Waals surface area contributed by atoms with Crippen LogP contribution in [0.1, 0.15) is 226 Å². The molecule has 0 N–H and O–H groups in total. The molecule has 120 heavy (non-hydrogen) atoms. The third kappa shape index (κ3) is 29.8. The summed E-state index contributed by atoms with van der Waals surface area (Å²) in [6, 6.07) is 61.4. The van der Waals surface area contributed by atoms with E-state index < -0.39 is 0 Å². The molecule has 4 fully saturated rings. The van der Waals surface area contributed by atoms with Gasteiger partial charge in [-0.25, -0.2) is 0 Å². The van der Waals surface area contributed by atoms with Crippen LogP contribution in [0.3, 0.4) is 0 Å². The molecule has 20 nitrogen and oxygen atoms in total. The Hall–Kier alpha value is -8.68. The van der Waals surface area contributed by atoms with Gasteiger partial charge in [-0.3, -0.25) is 19.2 Å². The summed E-state index contributed by atoms with van der Waals surface area (Å²) in [5.41, 5.74) is 7.99. The average molecular weight is 1800 g/mol. The normalized spacial score (nSPS) is 19.5. The lowest BCUT2D eigenvalue weighted by atomic mass is 9.90. The second-order valence-corrected chi connectivity index (χ2v) is 31.6. The van der Waals surface area contributed by atoms with Crippen molar-refractivity contribution in [3.63, 3.8) is 0 Å². The first-order valence-electron chi connectivity index (χ1n) is 39.6. The number of benzene rings is 8. The van der Waals surface area contributed by atoms with E-state index >= 15 is 0 Å². The van der Waals surface area contributed by atoms with Crippen LogP contribution in [-0.4, -0.2) is 118 Å². The number of nitrogens with zero attached hydrogens (tertiary/aromatic N) is 4. The van der Waals surface area contributed by atoms with E-state index in [0.29, 0.717) is 40.2 Å². The highest BCUT2D eigenvalue weighted by atomic mass is 35.5. The van der Waals surface area contributed by atoms with Crippen LogP contribution in [0.5, 0.6) is 0 Å². The summed E-state index contributed by atoms with van der Waals surface area (Å²) < 4.78 is 24.2. The number of rotatable bonds is 24. The highest BCUT2D eigenvalue weighted by Crippen LogP contribution is 2.48. The zero-order valence-corrected chi connectivity index (χ0v) is 74.1. The number of morpholine rings is 4. The van der Waals surface area contributed by atoms with Gasteiger partial charge in [-0.15, -0.1) is 0 Å². The van der Waals surface area contributed by atoms with Crippen molar-refractivity contribution in [2.75, 3.05) is 26.4 Å². The van der Waals surface area contributed by atoms with Crippen LogP contribution in [-0.2, 0) is 76.5 Å². The molecule has 4 aliphatic heterocycles. The highest BCUT2D eigenvalue weighted by Gasteiger charge is 2.46. The molecule has 0 saturated carbocycles. The molecule has 2 unspecified atom stereocenters. The topological polar surface area (TPSA) is 255 Å². The Bertz CT molecular complexity index is 4040. The summed E-state index contributed by atoms with van der Waals surface area (Å²) in [6.07, 6.45) is 11.5. The highest BCUT2D eigenvalue weighted by molar-refractivity contribution is 6.32. The molecule has 640 valence electrons. The van der Waals surface area contributed by atoms with Crippen molar-refractivity contribution in [1.82, 2.24) is 19.6 Å². The Kier molecular flexibility index (Phi) is 46.4. The maximum absolute atomic E-state index is 12.9. The van der Waals surface area contributed by atoms with Crippen molar-refractivity contribution in [3.05, 3.63) is 279 Å². The molecule has 4 aliphatic rings. The Morgan fingerprint density at radius 1 is 0.267 bits per heavy atom. The third-order valence-electron chi connectivity index (χ3n) is 20.5. The lowest BCUT2D eigenvalue weighted by Gasteiger charge is -2.45. The molecule has 0 spiro atoms. The van der Waals surface area contributed by atoms with E-state index in [0.717, 1.165) is 122 Å². The summed E-state index contributed by atoms with van der Waals surface area (Å²) in [6.45, 7) is 17.5. The number of carbonyl (C=O) groups excluding carboxylic acids is 12. The van der Waals surface area contributed by atoms with Gasteiger partial charge in [0.25, 0.3) is 0 Å². The smallest absolute Gasteiger partial charge is 0.361 e. The first-order valence-corrected chi connectivity index (χ1v) is 42.6. The number of ether oxygens (including phenoxy) is 4. The molecule has 0 radical (unpaired) electrons. The fraction of sp³-hybridized carbons (Fsp3) is 0.391. The van der Waals surface area contributed by atoms with Gasteiger partial charge in [-0.2, -0.15) is 38.4 Å². The minimum absolute atomic E-state index is 0.0357. The van der Waals surface area contributed by atoms with E-state index in [1.807, 2.05) is 214 Å². The molecule has 0 aliphatic carbocycles. The fourth-order valence-electron chi connectivity index (χ4n) is 15.6. The van der Waals surface area contributed by atoms with Crippen LogP contribution in [0, 0.1) is 0 Å². The Labute approximate surface area is 742 Å². The molecule has 0 bridgehead atoms. The van der Waals surface area contributed by atoms with E-state index in [1.165, 1.54) is 0 Å². The maximum Gasteiger partial charge on any atom is 0.373 e. The summed E-state index contributed by atoms with van der Waals surface area (Å²) in [5.74, 6) is 0.143. The first-order chi connectivity index (χ1) is 57.8. The van der Waals surface area contributed by atoms with Gasteiger partial charge in [-0.1, -0.05) is 271 Å². The van der Waals surface area contributed by atoms with E-state index in [-0.39, 0.29) is 147 Å². The largest absolute Gasteiger partial charge is 0.373 e. The molecule has 12 rings (SSSR count). The van der Waals surface area contributed by atoms with Crippen molar-refractivity contribution in [3.8, 4) is 0 Å². The molecule has 4 amide bonds. The predicted molar refractivity (Wildman–Crippen MR) is 461 cm³/mol. The van der Waals surface area contributed by atoms with Crippen LogP contribution in [0.2, 0.25) is 40.2 Å². The van der Waals surface area contributed by atoms with E-state index in [2.05, 4.69) is 55.4 Å². The van der Waals surface area contributed by atoms with Crippen molar-refractivity contribution in [1.29, 1.82) is 0 Å². The van der Waals surface area contributed by atoms with Crippen molar-refractivity contribution >= 4 is 141 Å². The number of halogens is 8. The predicted octanol–water partition coefficient (Wildman–Crippen LogP) is 22.5. The standard InChI is InChI=1S/4C22H25Cl2NO2.4CO2/c4*1-3-6-19(4-2)25-20(26)14-27-22(16-7-5-8-18(24)13-16)21(25)15-9-11-17(23)12-10-15;4*2-1-3/h4*5,7-13,19,21-22H,3-4,6,14H2,1-2H3;;;;/t2*19?,21-,22+;19-,21+,22-;19-,21-,22+;;;;/m1011..../s1. The lowest BCUT2D eigenvalue weighted by molar-refractivity contribution is -0.193. The van der Waals surface area contributed by atoms with Gasteiger partial charge in [0, 0.05) is 64.3 Å². The zero-order chi connectivity index (χ0) is 88.4. The summed E-state index contributed by atoms with van der Waals surface area (Å²) >= 11 is 49.3. The van der Waals surface area contributed by atoms with Crippen LogP contribution in [0.25, 0.3) is 0 Å². The summed E-state index contributed by atoms with van der Waals surface area (Å²) in [5, 5.41) is 5.35. The van der Waals surface area contributed by atoms with Gasteiger partial charge < -0.3 is 38.5 Å². The van der Waals surface area contributed by atoms with E-state index in [9.17, 15) is 19.2 Å². The van der Waals surface area contributed by atoms with Gasteiger partial charge in [0.1, 0.15) is 50.8 Å². The molecular weight excluding hydrogens is 1700 g/mol. The average Bonchev–Trinajstić information content (AvgIpc) is 0.788. The number of carbonyl (C=O) groups is 4. The van der Waals surface area contributed by atoms with Crippen molar-refractivity contribution in [2.45, 2.75) is 205 Å². The van der Waals surface area contributed by atoms with Crippen LogP contribution in [0.4, 0.5) is 0 Å². The number of amides is 4. The summed E-state index contributed by atoms with van der Waals surface area (Å²) in [4.78, 5) is 125. The minimum Gasteiger partial charge on any atom is -0.361 e. The van der Waals surface area contributed by atoms with Gasteiger partial charge in [0.2, 0.25) is 23.6 Å². The van der Waals surface area contributed by atoms with Crippen LogP contribution >= 0.6 is 92.8 Å². The molecular formula is C92H100Cl8N4O16. The number of hydrogen-bond donors (Lipinski definition) is 0. The van der Waals surface area contributed by atoms with Crippen molar-refractivity contribution in [2.24, 2.45) is 0 Å². The summed E-state index contributed by atoms with van der Waals surface area (Å²) in [7, 11) is 0. The molecule has 28 heteroatoms. The lowest BCUT2D eigenvalue weighted by Crippen LogP contribution is -2.50. The maximum atomic E-state index is 12.9. The first kappa shape index (κ1) is 102. The van der Waals surface area contributed by atoms with E-state index in [4.69, 9.17) is 150 Å². The number of hydrogen-bond acceptors (Lipinski definition) is 16. The molecule has 0 aromatic heterocycles. The third-order valence-corrected chi connectivity index (χ3v) is 22.5. The second kappa shape index (κ2) is 54.7. The molecule has 8 aromatic rings. The minimum atomic E-state index is -0.270. The van der Waals surface area contributed by atoms with Crippen molar-refractivity contribution < 1.29 is 76.5 Å².